The Morgan fingerprint density at radius 2 is 2.19 bits per heavy atom. The summed E-state index contributed by atoms with van der Waals surface area (Å²) >= 11 is 0. The first-order valence-corrected chi connectivity index (χ1v) is 5.93. The first kappa shape index (κ1) is 13.8. The standard InChI is InChI=1S/C7H15NO7S/c1-13-7-6(8)5(9)2-4(15-7)3-14-16(10,11)12/h4-7,9H,2-3,8H2,1H3,(H,10,11,12)/t4?,5-,6?,7+/m0/s1. The summed E-state index contributed by atoms with van der Waals surface area (Å²) in [6, 6.07) is -0.702. The Bertz CT molecular complexity index is 319. The number of aliphatic hydroxyl groups is 1. The fraction of sp³-hybridized carbons (Fsp3) is 1.00. The van der Waals surface area contributed by atoms with Crippen molar-refractivity contribution in [2.75, 3.05) is 13.7 Å². The molecule has 0 radical (unpaired) electrons. The van der Waals surface area contributed by atoms with Crippen molar-refractivity contribution in [3.8, 4) is 0 Å². The van der Waals surface area contributed by atoms with Crippen LogP contribution in [0.4, 0.5) is 0 Å². The van der Waals surface area contributed by atoms with E-state index in [0.717, 1.165) is 0 Å². The van der Waals surface area contributed by atoms with Gasteiger partial charge in [-0.25, -0.2) is 4.18 Å². The van der Waals surface area contributed by atoms with E-state index in [1.807, 2.05) is 0 Å². The Hall–Kier alpha value is -0.290. The molecule has 16 heavy (non-hydrogen) atoms. The number of rotatable bonds is 4. The number of ether oxygens (including phenoxy) is 2. The summed E-state index contributed by atoms with van der Waals surface area (Å²) in [5.74, 6) is 0. The largest absolute Gasteiger partial charge is 0.397 e. The summed E-state index contributed by atoms with van der Waals surface area (Å²) in [5, 5.41) is 9.53. The van der Waals surface area contributed by atoms with Gasteiger partial charge >= 0.3 is 10.4 Å². The van der Waals surface area contributed by atoms with Crippen LogP contribution in [-0.2, 0) is 24.1 Å². The van der Waals surface area contributed by atoms with Gasteiger partial charge in [0.05, 0.1) is 24.9 Å². The van der Waals surface area contributed by atoms with E-state index >= 15 is 0 Å². The van der Waals surface area contributed by atoms with Gasteiger partial charge in [-0.1, -0.05) is 0 Å². The highest BCUT2D eigenvalue weighted by molar-refractivity contribution is 7.80. The lowest BCUT2D eigenvalue weighted by molar-refractivity contribution is -0.219. The van der Waals surface area contributed by atoms with Crippen LogP contribution in [0.3, 0.4) is 0 Å². The van der Waals surface area contributed by atoms with Crippen LogP contribution in [0.5, 0.6) is 0 Å². The van der Waals surface area contributed by atoms with Crippen molar-refractivity contribution < 1.29 is 31.7 Å². The molecule has 2 unspecified atom stereocenters. The number of hydrogen-bond acceptors (Lipinski definition) is 7. The van der Waals surface area contributed by atoms with Crippen LogP contribution in [-0.4, -0.2) is 56.3 Å². The molecule has 0 spiro atoms. The second kappa shape index (κ2) is 5.36. The van der Waals surface area contributed by atoms with E-state index in [9.17, 15) is 13.5 Å². The Morgan fingerprint density at radius 1 is 1.56 bits per heavy atom. The molecule has 0 aromatic carbocycles. The maximum atomic E-state index is 10.3. The second-order valence-electron chi connectivity index (χ2n) is 3.45. The van der Waals surface area contributed by atoms with Crippen LogP contribution in [0, 0.1) is 0 Å². The molecule has 0 saturated carbocycles. The third kappa shape index (κ3) is 3.94. The van der Waals surface area contributed by atoms with Crippen molar-refractivity contribution in [1.29, 1.82) is 0 Å². The van der Waals surface area contributed by atoms with Crippen LogP contribution >= 0.6 is 0 Å². The molecule has 0 aliphatic carbocycles. The van der Waals surface area contributed by atoms with Gasteiger partial charge < -0.3 is 20.3 Å². The molecular formula is C7H15NO7S. The summed E-state index contributed by atoms with van der Waals surface area (Å²) in [5.41, 5.74) is 5.57. The summed E-state index contributed by atoms with van der Waals surface area (Å²) < 4.78 is 43.2. The van der Waals surface area contributed by atoms with E-state index in [-0.39, 0.29) is 6.42 Å². The quantitative estimate of drug-likeness (QED) is 0.506. The lowest BCUT2D eigenvalue weighted by Crippen LogP contribution is -2.54. The SMILES string of the molecule is CO[C@@H]1OC(COS(=O)(=O)O)C[C@H](O)C1N. The first-order chi connectivity index (χ1) is 7.33. The van der Waals surface area contributed by atoms with E-state index in [4.69, 9.17) is 19.8 Å². The zero-order valence-electron chi connectivity index (χ0n) is 8.64. The predicted octanol–water partition coefficient (Wildman–Crippen LogP) is -1.74. The molecule has 1 aliphatic rings. The van der Waals surface area contributed by atoms with Gasteiger partial charge in [-0.3, -0.25) is 4.55 Å². The molecule has 0 bridgehead atoms. The molecule has 96 valence electrons. The van der Waals surface area contributed by atoms with Gasteiger partial charge in [0.15, 0.2) is 6.29 Å². The molecule has 0 amide bonds. The zero-order chi connectivity index (χ0) is 12.3. The molecule has 1 heterocycles. The Labute approximate surface area is 93.2 Å². The minimum Gasteiger partial charge on any atom is -0.391 e. The Morgan fingerprint density at radius 3 is 2.69 bits per heavy atom. The van der Waals surface area contributed by atoms with E-state index in [2.05, 4.69) is 4.18 Å². The Kier molecular flexibility index (Phi) is 4.62. The average molecular weight is 257 g/mol. The van der Waals surface area contributed by atoms with Gasteiger partial charge in [0.25, 0.3) is 0 Å². The van der Waals surface area contributed by atoms with Crippen molar-refractivity contribution in [2.45, 2.75) is 31.0 Å². The van der Waals surface area contributed by atoms with Gasteiger partial charge in [0.1, 0.15) is 0 Å². The number of methoxy groups -OCH3 is 1. The molecule has 0 aromatic rings. The van der Waals surface area contributed by atoms with E-state index in [1.54, 1.807) is 0 Å². The third-order valence-corrected chi connectivity index (χ3v) is 2.66. The number of aliphatic hydroxyl groups excluding tert-OH is 1. The van der Waals surface area contributed by atoms with Gasteiger partial charge in [-0.2, -0.15) is 8.42 Å². The topological polar surface area (TPSA) is 128 Å². The molecule has 8 nitrogen and oxygen atoms in total. The van der Waals surface area contributed by atoms with Crippen LogP contribution in [0.1, 0.15) is 6.42 Å². The number of nitrogens with two attached hydrogens (primary N) is 1. The monoisotopic (exact) mass is 257 g/mol. The molecule has 4 atom stereocenters. The molecule has 4 N–H and O–H groups in total. The molecule has 1 aliphatic heterocycles. The predicted molar refractivity (Wildman–Crippen MR) is 51.8 cm³/mol. The molecule has 1 rings (SSSR count). The molecule has 9 heteroatoms. The van der Waals surface area contributed by atoms with Crippen molar-refractivity contribution >= 4 is 10.4 Å². The van der Waals surface area contributed by atoms with Crippen LogP contribution in [0.2, 0.25) is 0 Å². The zero-order valence-corrected chi connectivity index (χ0v) is 9.46. The normalized spacial score (nSPS) is 36.2. The van der Waals surface area contributed by atoms with E-state index in [0.29, 0.717) is 0 Å². The van der Waals surface area contributed by atoms with Crippen molar-refractivity contribution in [2.24, 2.45) is 5.73 Å². The van der Waals surface area contributed by atoms with Gasteiger partial charge in [-0.15, -0.1) is 0 Å². The number of hydrogen-bond donors (Lipinski definition) is 3. The van der Waals surface area contributed by atoms with Crippen molar-refractivity contribution in [3.63, 3.8) is 0 Å². The lowest BCUT2D eigenvalue weighted by Gasteiger charge is -2.36. The van der Waals surface area contributed by atoms with Crippen LogP contribution in [0.15, 0.2) is 0 Å². The highest BCUT2D eigenvalue weighted by atomic mass is 32.3. The fourth-order valence-electron chi connectivity index (χ4n) is 1.43. The Balaban J connectivity index is 2.51. The highest BCUT2D eigenvalue weighted by Gasteiger charge is 2.36. The van der Waals surface area contributed by atoms with Gasteiger partial charge in [0.2, 0.25) is 0 Å². The second-order valence-corrected chi connectivity index (χ2v) is 4.55. The van der Waals surface area contributed by atoms with E-state index in [1.165, 1.54) is 7.11 Å². The average Bonchev–Trinajstić information content (AvgIpc) is 2.18. The summed E-state index contributed by atoms with van der Waals surface area (Å²) in [6.07, 6.45) is -2.31. The fourth-order valence-corrected chi connectivity index (χ4v) is 1.75. The molecular weight excluding hydrogens is 242 g/mol. The molecule has 1 saturated heterocycles. The van der Waals surface area contributed by atoms with Gasteiger partial charge in [0, 0.05) is 13.5 Å². The van der Waals surface area contributed by atoms with Crippen LogP contribution < -0.4 is 5.73 Å². The summed E-state index contributed by atoms with van der Waals surface area (Å²) in [7, 11) is -3.16. The lowest BCUT2D eigenvalue weighted by atomic mass is 10.0. The minimum absolute atomic E-state index is 0.108. The van der Waals surface area contributed by atoms with Crippen molar-refractivity contribution in [1.82, 2.24) is 0 Å². The molecule has 0 aromatic heterocycles. The van der Waals surface area contributed by atoms with Gasteiger partial charge in [-0.05, 0) is 0 Å². The summed E-state index contributed by atoms with van der Waals surface area (Å²) in [6.45, 7) is -0.400. The molecule has 1 fully saturated rings. The van der Waals surface area contributed by atoms with Crippen LogP contribution in [0.25, 0.3) is 0 Å². The minimum atomic E-state index is -4.51. The van der Waals surface area contributed by atoms with E-state index < -0.39 is 41.5 Å². The maximum absolute atomic E-state index is 10.3. The first-order valence-electron chi connectivity index (χ1n) is 4.57. The maximum Gasteiger partial charge on any atom is 0.397 e. The smallest absolute Gasteiger partial charge is 0.391 e. The summed E-state index contributed by atoms with van der Waals surface area (Å²) in [4.78, 5) is 0. The van der Waals surface area contributed by atoms with Crippen molar-refractivity contribution in [3.05, 3.63) is 0 Å². The highest BCUT2D eigenvalue weighted by Crippen LogP contribution is 2.20. The third-order valence-electron chi connectivity index (χ3n) is 2.22.